The van der Waals surface area contributed by atoms with Gasteiger partial charge in [-0.25, -0.2) is 17.1 Å². The van der Waals surface area contributed by atoms with E-state index < -0.39 is 27.7 Å². The van der Waals surface area contributed by atoms with Crippen LogP contribution in [0.2, 0.25) is 0 Å². The molecule has 0 spiro atoms. The van der Waals surface area contributed by atoms with Crippen molar-refractivity contribution in [1.29, 1.82) is 0 Å². The van der Waals surface area contributed by atoms with Crippen LogP contribution in [0.25, 0.3) is 0 Å². The van der Waals surface area contributed by atoms with E-state index in [1.54, 1.807) is 50.2 Å². The van der Waals surface area contributed by atoms with Crippen LogP contribution < -0.4 is 9.04 Å². The molecule has 0 aliphatic heterocycles. The third kappa shape index (κ3) is 5.31. The Bertz CT molecular complexity index is 1240. The number of benzene rings is 2. The lowest BCUT2D eigenvalue weighted by Gasteiger charge is -2.26. The third-order valence-corrected chi connectivity index (χ3v) is 7.84. The molecule has 6 nitrogen and oxygen atoms in total. The number of carbonyl (C=O) groups is 2. The van der Waals surface area contributed by atoms with Gasteiger partial charge in [-0.3, -0.25) is 9.59 Å². The molecule has 0 aliphatic rings. The maximum absolute atomic E-state index is 14.3. The normalized spacial score (nSPS) is 12.2. The first-order valence-electron chi connectivity index (χ1n) is 10.3. The SMILES string of the molecule is CCCS(=O)(=O)N(C(=O)C(C)c1ccc(C(=O)c2cccs2)cc1)c1ccc(OC)c(F)c1. The lowest BCUT2D eigenvalue weighted by molar-refractivity contribution is -0.118. The first kappa shape index (κ1) is 24.6. The molecular formula is C24H24FNO5S2. The predicted octanol–water partition coefficient (Wildman–Crippen LogP) is 5.00. The van der Waals surface area contributed by atoms with E-state index in [-0.39, 0.29) is 23.0 Å². The molecule has 0 aliphatic carbocycles. The number of methoxy groups -OCH3 is 1. The van der Waals surface area contributed by atoms with Crippen LogP contribution in [-0.4, -0.2) is 33.0 Å². The van der Waals surface area contributed by atoms with Gasteiger partial charge < -0.3 is 4.74 Å². The summed E-state index contributed by atoms with van der Waals surface area (Å²) in [5, 5.41) is 1.82. The van der Waals surface area contributed by atoms with E-state index >= 15 is 0 Å². The highest BCUT2D eigenvalue weighted by Gasteiger charge is 2.33. The van der Waals surface area contributed by atoms with Gasteiger partial charge in [-0.2, -0.15) is 0 Å². The van der Waals surface area contributed by atoms with Crippen molar-refractivity contribution in [2.75, 3.05) is 17.2 Å². The number of anilines is 1. The minimum Gasteiger partial charge on any atom is -0.494 e. The Morgan fingerprint density at radius 1 is 1.12 bits per heavy atom. The molecule has 0 N–H and O–H groups in total. The van der Waals surface area contributed by atoms with Crippen molar-refractivity contribution in [2.45, 2.75) is 26.2 Å². The van der Waals surface area contributed by atoms with Gasteiger partial charge in [0.25, 0.3) is 0 Å². The number of sulfonamides is 1. The lowest BCUT2D eigenvalue weighted by Crippen LogP contribution is -2.41. The number of halogens is 1. The summed E-state index contributed by atoms with van der Waals surface area (Å²) >= 11 is 1.34. The second kappa shape index (κ2) is 10.3. The van der Waals surface area contributed by atoms with Gasteiger partial charge in [0.1, 0.15) is 0 Å². The van der Waals surface area contributed by atoms with Gasteiger partial charge in [0.15, 0.2) is 11.6 Å². The van der Waals surface area contributed by atoms with Crippen LogP contribution in [0.3, 0.4) is 0 Å². The molecule has 9 heteroatoms. The number of carbonyl (C=O) groups excluding carboxylic acids is 2. The number of nitrogens with zero attached hydrogens (tertiary/aromatic N) is 1. The second-order valence-corrected chi connectivity index (χ2v) is 10.3. The Balaban J connectivity index is 1.94. The summed E-state index contributed by atoms with van der Waals surface area (Å²) in [6.07, 6.45) is 0.290. The van der Waals surface area contributed by atoms with E-state index in [1.807, 2.05) is 5.38 Å². The van der Waals surface area contributed by atoms with E-state index in [0.29, 0.717) is 26.7 Å². The summed E-state index contributed by atoms with van der Waals surface area (Å²) in [6.45, 7) is 3.26. The molecule has 1 atom stereocenters. The number of thiophene rings is 1. The molecule has 0 radical (unpaired) electrons. The predicted molar refractivity (Wildman–Crippen MR) is 127 cm³/mol. The highest BCUT2D eigenvalue weighted by Crippen LogP contribution is 2.30. The standard InChI is InChI=1S/C24H24FNO5S2/c1-4-14-33(29,30)26(19-11-12-21(31-3)20(25)15-19)24(28)16(2)17-7-9-18(10-8-17)23(27)22-6-5-13-32-22/h5-13,15-16H,4,14H2,1-3H3. The molecule has 3 rings (SSSR count). The first-order valence-corrected chi connectivity index (χ1v) is 12.8. The number of amides is 1. The van der Waals surface area contributed by atoms with Crippen molar-refractivity contribution < 1.29 is 27.1 Å². The highest BCUT2D eigenvalue weighted by molar-refractivity contribution is 7.93. The zero-order valence-electron chi connectivity index (χ0n) is 18.4. The Labute approximate surface area is 196 Å². The van der Waals surface area contributed by atoms with Crippen molar-refractivity contribution in [3.63, 3.8) is 0 Å². The Kier molecular flexibility index (Phi) is 7.65. The minimum atomic E-state index is -4.04. The Hall–Kier alpha value is -3.04. The molecule has 3 aromatic rings. The lowest BCUT2D eigenvalue weighted by atomic mass is 9.97. The summed E-state index contributed by atoms with van der Waals surface area (Å²) in [7, 11) is -2.75. The van der Waals surface area contributed by atoms with E-state index in [4.69, 9.17) is 4.74 Å². The molecular weight excluding hydrogens is 465 g/mol. The van der Waals surface area contributed by atoms with E-state index in [2.05, 4.69) is 0 Å². The van der Waals surface area contributed by atoms with Crippen LogP contribution in [0.1, 0.15) is 47.0 Å². The van der Waals surface area contributed by atoms with Gasteiger partial charge in [0.05, 0.1) is 29.3 Å². The first-order chi connectivity index (χ1) is 15.7. The fourth-order valence-corrected chi connectivity index (χ4v) is 5.60. The third-order valence-electron chi connectivity index (χ3n) is 5.10. The van der Waals surface area contributed by atoms with Crippen LogP contribution in [0.15, 0.2) is 60.0 Å². The maximum Gasteiger partial charge on any atom is 0.247 e. The van der Waals surface area contributed by atoms with Crippen LogP contribution in [0, 0.1) is 5.82 Å². The molecule has 0 saturated heterocycles. The monoisotopic (exact) mass is 489 g/mol. The molecule has 174 valence electrons. The van der Waals surface area contributed by atoms with Crippen molar-refractivity contribution in [1.82, 2.24) is 0 Å². The largest absolute Gasteiger partial charge is 0.494 e. The van der Waals surface area contributed by atoms with Crippen molar-refractivity contribution in [2.24, 2.45) is 0 Å². The van der Waals surface area contributed by atoms with Crippen LogP contribution in [0.4, 0.5) is 10.1 Å². The fraction of sp³-hybridized carbons (Fsp3) is 0.250. The number of ether oxygens (including phenoxy) is 1. The highest BCUT2D eigenvalue weighted by atomic mass is 32.2. The molecule has 2 aromatic carbocycles. The average molecular weight is 490 g/mol. The van der Waals surface area contributed by atoms with Crippen LogP contribution in [0.5, 0.6) is 5.75 Å². The number of hydrogen-bond acceptors (Lipinski definition) is 6. The minimum absolute atomic E-state index is 0.0573. The summed E-state index contributed by atoms with van der Waals surface area (Å²) < 4.78 is 45.8. The summed E-state index contributed by atoms with van der Waals surface area (Å²) in [5.41, 5.74) is 0.907. The smallest absolute Gasteiger partial charge is 0.247 e. The fourth-order valence-electron chi connectivity index (χ4n) is 3.35. The van der Waals surface area contributed by atoms with Crippen molar-refractivity contribution in [3.8, 4) is 5.75 Å². The zero-order valence-corrected chi connectivity index (χ0v) is 20.1. The molecule has 1 heterocycles. The van der Waals surface area contributed by atoms with Gasteiger partial charge in [0, 0.05) is 11.6 Å². The molecule has 33 heavy (non-hydrogen) atoms. The van der Waals surface area contributed by atoms with E-state index in [9.17, 15) is 22.4 Å². The molecule has 1 aromatic heterocycles. The second-order valence-electron chi connectivity index (χ2n) is 7.39. The van der Waals surface area contributed by atoms with Gasteiger partial charge in [-0.15, -0.1) is 11.3 Å². The zero-order chi connectivity index (χ0) is 24.2. The maximum atomic E-state index is 14.3. The Morgan fingerprint density at radius 2 is 1.82 bits per heavy atom. The van der Waals surface area contributed by atoms with Crippen LogP contribution >= 0.6 is 11.3 Å². The topological polar surface area (TPSA) is 80.8 Å². The molecule has 0 fully saturated rings. The number of rotatable bonds is 9. The molecule has 1 amide bonds. The number of ketones is 1. The molecule has 0 saturated carbocycles. The summed E-state index contributed by atoms with van der Waals surface area (Å²) in [6, 6.07) is 13.6. The van der Waals surface area contributed by atoms with E-state index in [1.165, 1.54) is 30.6 Å². The molecule has 1 unspecified atom stereocenters. The quantitative estimate of drug-likeness (QED) is 0.395. The Morgan fingerprint density at radius 3 is 2.36 bits per heavy atom. The summed E-state index contributed by atoms with van der Waals surface area (Å²) in [4.78, 5) is 26.5. The molecule has 0 bridgehead atoms. The van der Waals surface area contributed by atoms with Crippen LogP contribution in [-0.2, 0) is 14.8 Å². The van der Waals surface area contributed by atoms with Gasteiger partial charge in [0.2, 0.25) is 21.7 Å². The average Bonchev–Trinajstić information content (AvgIpc) is 3.33. The number of hydrogen-bond donors (Lipinski definition) is 0. The van der Waals surface area contributed by atoms with Gasteiger partial charge >= 0.3 is 0 Å². The van der Waals surface area contributed by atoms with E-state index in [0.717, 1.165) is 6.07 Å². The van der Waals surface area contributed by atoms with Gasteiger partial charge in [-0.1, -0.05) is 37.3 Å². The van der Waals surface area contributed by atoms with Crippen molar-refractivity contribution >= 4 is 38.7 Å². The van der Waals surface area contributed by atoms with Gasteiger partial charge in [-0.05, 0) is 42.5 Å². The summed E-state index contributed by atoms with van der Waals surface area (Å²) in [5.74, 6) is -2.80. The van der Waals surface area contributed by atoms with Crippen molar-refractivity contribution in [3.05, 3.63) is 81.8 Å².